The maximum absolute atomic E-state index is 11.1. The summed E-state index contributed by atoms with van der Waals surface area (Å²) in [6.07, 6.45) is -1.51. The van der Waals surface area contributed by atoms with Gasteiger partial charge in [0.1, 0.15) is 0 Å². The van der Waals surface area contributed by atoms with Crippen LogP contribution in [0, 0.1) is 0 Å². The Labute approximate surface area is 121 Å². The summed E-state index contributed by atoms with van der Waals surface area (Å²) in [7, 11) is -19.2. The Morgan fingerprint density at radius 1 is 0.810 bits per heavy atom. The Kier molecular flexibility index (Phi) is 6.70. The first-order valence-corrected chi connectivity index (χ1v) is 11.1. The van der Waals surface area contributed by atoms with Crippen molar-refractivity contribution in [2.75, 3.05) is 16.8 Å². The highest BCUT2D eigenvalue weighted by Gasteiger charge is 2.26. The van der Waals surface area contributed by atoms with Crippen LogP contribution in [0.15, 0.2) is 0 Å². The summed E-state index contributed by atoms with van der Waals surface area (Å²) in [5.41, 5.74) is 0. The van der Waals surface area contributed by atoms with Gasteiger partial charge < -0.3 is 0 Å². The van der Waals surface area contributed by atoms with Crippen molar-refractivity contribution in [3.8, 4) is 0 Å². The van der Waals surface area contributed by atoms with Gasteiger partial charge in [0, 0.05) is 0 Å². The van der Waals surface area contributed by atoms with Gasteiger partial charge in [-0.1, -0.05) is 0 Å². The molecule has 0 aliphatic carbocycles. The molecular formula is C5H12O12S4. The topological polar surface area (TPSA) is 195 Å². The van der Waals surface area contributed by atoms with Crippen molar-refractivity contribution in [3.63, 3.8) is 0 Å². The van der Waals surface area contributed by atoms with E-state index in [2.05, 4.69) is 8.37 Å². The maximum Gasteiger partial charge on any atom is 0.284 e. The summed E-state index contributed by atoms with van der Waals surface area (Å²) in [5.74, 6) is 0. The number of hydrogen-bond donors (Lipinski definition) is 2. The molecule has 21 heavy (non-hydrogen) atoms. The van der Waals surface area contributed by atoms with E-state index in [1.165, 1.54) is 0 Å². The van der Waals surface area contributed by atoms with E-state index in [0.29, 0.717) is 0 Å². The van der Waals surface area contributed by atoms with Crippen LogP contribution in [0.5, 0.6) is 0 Å². The molecule has 2 N–H and O–H groups in total. The summed E-state index contributed by atoms with van der Waals surface area (Å²) >= 11 is 0. The van der Waals surface area contributed by atoms with Crippen molar-refractivity contribution in [1.82, 2.24) is 0 Å². The van der Waals surface area contributed by atoms with Crippen LogP contribution in [0.1, 0.15) is 6.92 Å². The van der Waals surface area contributed by atoms with Crippen LogP contribution in [0.2, 0.25) is 0 Å². The number of hydrogen-bond acceptors (Lipinski definition) is 10. The Morgan fingerprint density at radius 2 is 1.19 bits per heavy atom. The van der Waals surface area contributed by atoms with Gasteiger partial charge in [0.25, 0.3) is 40.5 Å². The van der Waals surface area contributed by atoms with E-state index in [0.717, 1.165) is 6.92 Å². The summed E-state index contributed by atoms with van der Waals surface area (Å²) in [6.45, 7) is 0.00701. The van der Waals surface area contributed by atoms with E-state index in [-0.39, 0.29) is 0 Å². The molecule has 0 amide bonds. The third-order valence-corrected chi connectivity index (χ3v) is 7.19. The van der Waals surface area contributed by atoms with E-state index in [9.17, 15) is 33.7 Å². The lowest BCUT2D eigenvalue weighted by Crippen LogP contribution is -2.28. The highest BCUT2D eigenvalue weighted by molar-refractivity contribution is 8.03. The van der Waals surface area contributed by atoms with E-state index in [1.807, 2.05) is 0 Å². The average Bonchev–Trinajstić information content (AvgIpc) is 2.05. The van der Waals surface area contributed by atoms with Gasteiger partial charge >= 0.3 is 0 Å². The van der Waals surface area contributed by atoms with Gasteiger partial charge in [-0.15, -0.1) is 0 Å². The maximum atomic E-state index is 11.1. The molecule has 0 aromatic heterocycles. The minimum atomic E-state index is -4.88. The first-order chi connectivity index (χ1) is 9.02. The molecule has 0 aromatic rings. The van der Waals surface area contributed by atoms with Crippen LogP contribution in [-0.4, -0.2) is 65.7 Å². The molecule has 12 nitrogen and oxygen atoms in total. The zero-order chi connectivity index (χ0) is 17.1. The monoisotopic (exact) mass is 392 g/mol. The lowest BCUT2D eigenvalue weighted by atomic mass is 10.5. The van der Waals surface area contributed by atoms with E-state index < -0.39 is 63.4 Å². The minimum absolute atomic E-state index is 0.970. The van der Waals surface area contributed by atoms with Crippen molar-refractivity contribution in [2.45, 2.75) is 13.0 Å². The van der Waals surface area contributed by atoms with Gasteiger partial charge in [0.15, 0.2) is 0 Å². The zero-order valence-electron chi connectivity index (χ0n) is 10.3. The van der Waals surface area contributed by atoms with Crippen molar-refractivity contribution < 1.29 is 51.1 Å². The van der Waals surface area contributed by atoms with Crippen LogP contribution >= 0.6 is 0 Å². The van der Waals surface area contributed by atoms with E-state index in [1.54, 1.807) is 0 Å². The second-order valence-electron chi connectivity index (χ2n) is 3.71. The molecule has 0 radical (unpaired) electrons. The molecule has 0 saturated carbocycles. The highest BCUT2D eigenvalue weighted by Crippen LogP contribution is 2.06. The first kappa shape index (κ1) is 20.6. The fourth-order valence-corrected chi connectivity index (χ4v) is 5.27. The molecule has 16 heteroatoms. The van der Waals surface area contributed by atoms with Gasteiger partial charge in [0.2, 0.25) is 10.2 Å². The minimum Gasteiger partial charge on any atom is -0.285 e. The zero-order valence-corrected chi connectivity index (χ0v) is 13.6. The SMILES string of the molecule is CC(COS(=O)(=O)CS(=O)(=O)O)OS(=O)(=O)CS(=O)(=O)O. The van der Waals surface area contributed by atoms with E-state index in [4.69, 9.17) is 9.11 Å². The fraction of sp³-hybridized carbons (Fsp3) is 1.00. The molecule has 128 valence electrons. The van der Waals surface area contributed by atoms with Crippen LogP contribution in [-0.2, 0) is 48.8 Å². The molecule has 0 saturated heterocycles. The Balaban J connectivity index is 4.64. The van der Waals surface area contributed by atoms with E-state index >= 15 is 0 Å². The third-order valence-electron chi connectivity index (χ3n) is 1.38. The van der Waals surface area contributed by atoms with Crippen molar-refractivity contribution in [2.24, 2.45) is 0 Å². The second-order valence-corrected chi connectivity index (χ2v) is 10.6. The quantitative estimate of drug-likeness (QED) is 0.316. The lowest BCUT2D eigenvalue weighted by molar-refractivity contribution is 0.153. The fourth-order valence-electron chi connectivity index (χ4n) is 0.904. The predicted octanol–water partition coefficient (Wildman–Crippen LogP) is -2.24. The Hall–Kier alpha value is -0.360. The van der Waals surface area contributed by atoms with Gasteiger partial charge in [-0.3, -0.25) is 17.5 Å². The average molecular weight is 392 g/mol. The predicted molar refractivity (Wildman–Crippen MR) is 67.2 cm³/mol. The van der Waals surface area contributed by atoms with Crippen LogP contribution < -0.4 is 0 Å². The lowest BCUT2D eigenvalue weighted by Gasteiger charge is -2.12. The van der Waals surface area contributed by atoms with Crippen LogP contribution in [0.3, 0.4) is 0 Å². The largest absolute Gasteiger partial charge is 0.285 e. The second kappa shape index (κ2) is 6.82. The molecule has 0 rings (SSSR count). The third kappa shape index (κ3) is 11.9. The van der Waals surface area contributed by atoms with Crippen LogP contribution in [0.4, 0.5) is 0 Å². The molecule has 1 atom stereocenters. The summed E-state index contributed by atoms with van der Waals surface area (Å²) in [6, 6.07) is 0. The number of rotatable bonds is 9. The van der Waals surface area contributed by atoms with Gasteiger partial charge in [-0.25, -0.2) is 0 Å². The summed E-state index contributed by atoms with van der Waals surface area (Å²) in [5, 5.41) is -3.49. The molecule has 0 aromatic carbocycles. The summed E-state index contributed by atoms with van der Waals surface area (Å²) in [4.78, 5) is 0. The highest BCUT2D eigenvalue weighted by atomic mass is 32.3. The molecular weight excluding hydrogens is 380 g/mol. The molecule has 1 unspecified atom stereocenters. The molecule has 0 fully saturated rings. The molecule has 0 heterocycles. The van der Waals surface area contributed by atoms with Gasteiger partial charge in [-0.2, -0.15) is 33.7 Å². The molecule has 0 bridgehead atoms. The first-order valence-electron chi connectivity index (χ1n) is 4.70. The Bertz CT molecular complexity index is 754. The summed E-state index contributed by atoms with van der Waals surface area (Å²) < 4.78 is 111. The molecule has 0 spiro atoms. The van der Waals surface area contributed by atoms with Crippen molar-refractivity contribution in [1.29, 1.82) is 0 Å². The van der Waals surface area contributed by atoms with Gasteiger partial charge in [-0.05, 0) is 6.92 Å². The standard InChI is InChI=1S/C5H12O12S4/c1-5(17-21(14,15)4-19(9,10)11)2-16-20(12,13)3-18(6,7)8/h5H,2-4H2,1H3,(H,6,7,8)(H,9,10,11). The normalized spacial score (nSPS) is 15.8. The van der Waals surface area contributed by atoms with Crippen molar-refractivity contribution in [3.05, 3.63) is 0 Å². The smallest absolute Gasteiger partial charge is 0.284 e. The molecule has 0 aliphatic heterocycles. The van der Waals surface area contributed by atoms with Crippen LogP contribution in [0.25, 0.3) is 0 Å². The Morgan fingerprint density at radius 3 is 1.57 bits per heavy atom. The van der Waals surface area contributed by atoms with Crippen molar-refractivity contribution >= 4 is 40.5 Å². The molecule has 0 aliphatic rings. The van der Waals surface area contributed by atoms with Gasteiger partial charge in [0.05, 0.1) is 12.7 Å².